The van der Waals surface area contributed by atoms with Gasteiger partial charge in [-0.2, -0.15) is 0 Å². The quantitative estimate of drug-likeness (QED) is 0.184. The lowest BCUT2D eigenvalue weighted by molar-refractivity contribution is 0.311. The number of benzene rings is 3. The Morgan fingerprint density at radius 1 is 0.912 bits per heavy atom. The number of pyridine rings is 1. The van der Waals surface area contributed by atoms with Gasteiger partial charge in [0, 0.05) is 39.6 Å². The Balaban J connectivity index is 2.05. The smallest absolute Gasteiger partial charge is 0.142 e. The van der Waals surface area contributed by atoms with Gasteiger partial charge in [-0.25, -0.2) is 4.98 Å². The summed E-state index contributed by atoms with van der Waals surface area (Å²) in [4.78, 5) is 4.94. The maximum Gasteiger partial charge on any atom is 0.142 e. The van der Waals surface area contributed by atoms with E-state index in [1.165, 1.54) is 6.21 Å². The van der Waals surface area contributed by atoms with Crippen molar-refractivity contribution in [2.75, 3.05) is 23.8 Å². The van der Waals surface area contributed by atoms with Crippen LogP contribution in [0.25, 0.3) is 22.4 Å². The largest absolute Gasteiger partial charge is 0.395 e. The van der Waals surface area contributed by atoms with Crippen molar-refractivity contribution in [1.29, 1.82) is 5.41 Å². The van der Waals surface area contributed by atoms with Crippen LogP contribution >= 0.6 is 34.8 Å². The van der Waals surface area contributed by atoms with E-state index in [0.29, 0.717) is 43.4 Å². The normalized spacial score (nSPS) is 10.7. The summed E-state index contributed by atoms with van der Waals surface area (Å²) in [6.45, 7) is 0.197. The molecule has 0 aliphatic rings. The Morgan fingerprint density at radius 3 is 2.26 bits per heavy atom. The van der Waals surface area contributed by atoms with Crippen molar-refractivity contribution in [3.05, 3.63) is 93.4 Å². The number of aromatic nitrogens is 1. The predicted octanol–water partition coefficient (Wildman–Crippen LogP) is 7.52. The molecule has 0 saturated heterocycles. The van der Waals surface area contributed by atoms with Crippen molar-refractivity contribution < 1.29 is 5.11 Å². The van der Waals surface area contributed by atoms with Crippen molar-refractivity contribution >= 4 is 58.2 Å². The molecule has 0 unspecified atom stereocenters. The van der Waals surface area contributed by atoms with Gasteiger partial charge in [0.15, 0.2) is 0 Å². The van der Waals surface area contributed by atoms with Crippen LogP contribution in [0.5, 0.6) is 0 Å². The fourth-order valence-corrected chi connectivity index (χ4v) is 4.26. The van der Waals surface area contributed by atoms with Crippen LogP contribution in [0.3, 0.4) is 0 Å². The monoisotopic (exact) mass is 510 g/mol. The van der Waals surface area contributed by atoms with Crippen molar-refractivity contribution in [3.63, 3.8) is 0 Å². The van der Waals surface area contributed by atoms with E-state index < -0.39 is 0 Å². The summed E-state index contributed by atoms with van der Waals surface area (Å²) in [6, 6.07) is 22.2. The van der Waals surface area contributed by atoms with Crippen LogP contribution in [0.2, 0.25) is 15.1 Å². The topological polar surface area (TPSA) is 81.0 Å². The summed E-state index contributed by atoms with van der Waals surface area (Å²) in [7, 11) is 0. The molecule has 0 aliphatic heterocycles. The highest BCUT2D eigenvalue weighted by atomic mass is 35.5. The third-order valence-electron chi connectivity index (χ3n) is 5.15. The van der Waals surface area contributed by atoms with Crippen molar-refractivity contribution in [3.8, 4) is 22.4 Å². The molecule has 0 atom stereocenters. The van der Waals surface area contributed by atoms with Crippen LogP contribution in [0.1, 0.15) is 5.56 Å². The molecular weight excluding hydrogens is 491 g/mol. The SMILES string of the molecule is N=Cc1c(Nc2ccccc2)nc(-c2ccc(Cl)cc2Cl)c(-c2ccc(Cl)cc2)c1NCCO. The molecular formula is C26H21Cl3N4O. The van der Waals surface area contributed by atoms with E-state index in [9.17, 15) is 5.11 Å². The number of hydrogen-bond acceptors (Lipinski definition) is 5. The number of halogens is 3. The molecule has 34 heavy (non-hydrogen) atoms. The zero-order valence-corrected chi connectivity index (χ0v) is 20.2. The average molecular weight is 512 g/mol. The number of hydrogen-bond donors (Lipinski definition) is 4. The van der Waals surface area contributed by atoms with Crippen LogP contribution < -0.4 is 10.6 Å². The standard InChI is InChI=1S/C26H21Cl3N4O/c27-17-8-6-16(7-9-17)23-24(31-12-13-34)21(15-30)26(32-19-4-2-1-3-5-19)33-25(23)20-11-10-18(28)14-22(20)29/h1-11,14-15,30,34H,12-13H2,(H2,31,32,33). The first-order valence-electron chi connectivity index (χ1n) is 10.5. The number of anilines is 3. The predicted molar refractivity (Wildman–Crippen MR) is 143 cm³/mol. The van der Waals surface area contributed by atoms with E-state index in [0.717, 1.165) is 16.8 Å². The molecule has 4 rings (SSSR count). The first-order valence-corrected chi connectivity index (χ1v) is 11.6. The molecule has 0 aliphatic carbocycles. The van der Waals surface area contributed by atoms with Gasteiger partial charge >= 0.3 is 0 Å². The van der Waals surface area contributed by atoms with E-state index in [1.807, 2.05) is 48.5 Å². The van der Waals surface area contributed by atoms with Gasteiger partial charge in [0.1, 0.15) is 5.82 Å². The van der Waals surface area contributed by atoms with Crippen LogP contribution in [-0.2, 0) is 0 Å². The zero-order valence-electron chi connectivity index (χ0n) is 17.9. The molecule has 3 aromatic carbocycles. The fraction of sp³-hybridized carbons (Fsp3) is 0.0769. The molecule has 4 N–H and O–H groups in total. The van der Waals surface area contributed by atoms with Gasteiger partial charge in [0.25, 0.3) is 0 Å². The molecule has 1 heterocycles. The van der Waals surface area contributed by atoms with Crippen LogP contribution in [-0.4, -0.2) is 29.5 Å². The van der Waals surface area contributed by atoms with Crippen LogP contribution in [0.15, 0.2) is 72.8 Å². The molecule has 0 saturated carbocycles. The number of nitrogens with one attached hydrogen (secondary N) is 3. The summed E-state index contributed by atoms with van der Waals surface area (Å²) in [5.41, 5.74) is 4.82. The first kappa shape index (κ1) is 24.0. The minimum atomic E-state index is -0.0850. The van der Waals surface area contributed by atoms with E-state index in [-0.39, 0.29) is 13.2 Å². The Kier molecular flexibility index (Phi) is 7.70. The molecule has 0 fully saturated rings. The lowest BCUT2D eigenvalue weighted by atomic mass is 9.94. The Labute approximate surface area is 212 Å². The highest BCUT2D eigenvalue weighted by Crippen LogP contribution is 2.44. The van der Waals surface area contributed by atoms with Crippen LogP contribution in [0, 0.1) is 5.41 Å². The van der Waals surface area contributed by atoms with Crippen molar-refractivity contribution in [1.82, 2.24) is 4.98 Å². The summed E-state index contributed by atoms with van der Waals surface area (Å²) >= 11 is 18.9. The van der Waals surface area contributed by atoms with Crippen molar-refractivity contribution in [2.45, 2.75) is 0 Å². The zero-order chi connectivity index (χ0) is 24.1. The number of aliphatic hydroxyl groups excluding tert-OH is 1. The highest BCUT2D eigenvalue weighted by Gasteiger charge is 2.23. The summed E-state index contributed by atoms with van der Waals surface area (Å²) in [5, 5.41) is 25.9. The average Bonchev–Trinajstić information content (AvgIpc) is 2.84. The van der Waals surface area contributed by atoms with Gasteiger partial charge in [-0.15, -0.1) is 0 Å². The number of para-hydroxylation sites is 1. The Morgan fingerprint density at radius 2 is 1.62 bits per heavy atom. The molecule has 172 valence electrons. The second-order valence-electron chi connectivity index (χ2n) is 7.39. The number of rotatable bonds is 8. The van der Waals surface area contributed by atoms with Gasteiger partial charge < -0.3 is 21.1 Å². The Hall–Kier alpha value is -3.09. The van der Waals surface area contributed by atoms with Gasteiger partial charge in [0.05, 0.1) is 28.6 Å². The van der Waals surface area contributed by atoms with Gasteiger partial charge in [0.2, 0.25) is 0 Å². The molecule has 1 aromatic heterocycles. The third kappa shape index (κ3) is 5.18. The summed E-state index contributed by atoms with van der Waals surface area (Å²) < 4.78 is 0. The summed E-state index contributed by atoms with van der Waals surface area (Å²) in [5.74, 6) is 0.473. The molecule has 8 heteroatoms. The molecule has 0 spiro atoms. The minimum Gasteiger partial charge on any atom is -0.395 e. The van der Waals surface area contributed by atoms with E-state index in [1.54, 1.807) is 24.3 Å². The number of aliphatic hydroxyl groups is 1. The van der Waals surface area contributed by atoms with Gasteiger partial charge in [-0.3, -0.25) is 0 Å². The highest BCUT2D eigenvalue weighted by molar-refractivity contribution is 6.36. The third-order valence-corrected chi connectivity index (χ3v) is 5.95. The Bertz CT molecular complexity index is 1310. The first-order chi connectivity index (χ1) is 16.5. The maximum atomic E-state index is 9.55. The second-order valence-corrected chi connectivity index (χ2v) is 8.67. The second kappa shape index (κ2) is 10.9. The minimum absolute atomic E-state index is 0.0850. The fourth-order valence-electron chi connectivity index (χ4n) is 3.63. The van der Waals surface area contributed by atoms with Gasteiger partial charge in [-0.1, -0.05) is 65.1 Å². The van der Waals surface area contributed by atoms with E-state index in [2.05, 4.69) is 10.6 Å². The van der Waals surface area contributed by atoms with E-state index in [4.69, 9.17) is 45.2 Å². The lowest BCUT2D eigenvalue weighted by Gasteiger charge is -2.22. The molecule has 0 bridgehead atoms. The number of nitrogens with zero attached hydrogens (tertiary/aromatic N) is 1. The molecule has 5 nitrogen and oxygen atoms in total. The van der Waals surface area contributed by atoms with Crippen LogP contribution in [0.4, 0.5) is 17.2 Å². The maximum absolute atomic E-state index is 9.55. The molecule has 4 aromatic rings. The van der Waals surface area contributed by atoms with E-state index >= 15 is 0 Å². The molecule has 0 radical (unpaired) electrons. The van der Waals surface area contributed by atoms with Crippen molar-refractivity contribution in [2.24, 2.45) is 0 Å². The van der Waals surface area contributed by atoms with Gasteiger partial charge in [-0.05, 0) is 48.0 Å². The summed E-state index contributed by atoms with van der Waals surface area (Å²) in [6.07, 6.45) is 1.24. The molecule has 0 amide bonds. The lowest BCUT2D eigenvalue weighted by Crippen LogP contribution is -2.12.